The van der Waals surface area contributed by atoms with Crippen molar-refractivity contribution in [1.82, 2.24) is 9.97 Å². The lowest BCUT2D eigenvalue weighted by Gasteiger charge is -2.12. The van der Waals surface area contributed by atoms with Crippen LogP contribution in [0.3, 0.4) is 0 Å². The topological polar surface area (TPSA) is 216 Å². The summed E-state index contributed by atoms with van der Waals surface area (Å²) in [6, 6.07) is 40.5. The molecule has 0 bridgehead atoms. The number of allylic oxidation sites excluding steroid dienone is 8. The second-order valence-electron chi connectivity index (χ2n) is 11.9. The summed E-state index contributed by atoms with van der Waals surface area (Å²) in [5, 5.41) is 79.4. The van der Waals surface area contributed by atoms with Gasteiger partial charge in [0.25, 0.3) is 0 Å². The minimum absolute atomic E-state index is 0.184. The highest BCUT2D eigenvalue weighted by Gasteiger charge is 2.33. The van der Waals surface area contributed by atoms with Gasteiger partial charge in [-0.2, -0.15) is 42.1 Å². The Morgan fingerprint density at radius 2 is 0.759 bits per heavy atom. The maximum Gasteiger partial charge on any atom is 0.138 e. The van der Waals surface area contributed by atoms with Gasteiger partial charge in [0.1, 0.15) is 59.7 Å². The molecule has 2 aromatic heterocycles. The molecule has 0 amide bonds. The van der Waals surface area contributed by atoms with Crippen LogP contribution < -0.4 is 0 Å². The number of nitrogens with zero attached hydrogens (tertiary/aromatic N) is 10. The minimum Gasteiger partial charge on any atom is -0.255 e. The third-order valence-corrected chi connectivity index (χ3v) is 9.13. The third-order valence-electron chi connectivity index (χ3n) is 9.13. The van der Waals surface area contributed by atoms with Gasteiger partial charge in [0.05, 0.1) is 33.7 Å². The smallest absolute Gasteiger partial charge is 0.138 e. The average Bonchev–Trinajstić information content (AvgIpc) is 3.73. The third kappa shape index (κ3) is 5.31. The van der Waals surface area contributed by atoms with Crippen LogP contribution in [0, 0.1) is 90.6 Å². The summed E-state index contributed by atoms with van der Waals surface area (Å²) in [5.74, 6) is 0. The number of aromatic nitrogens is 2. The highest BCUT2D eigenvalue weighted by Crippen LogP contribution is 2.51. The van der Waals surface area contributed by atoms with Crippen molar-refractivity contribution in [2.45, 2.75) is 0 Å². The zero-order chi connectivity index (χ0) is 37.9. The molecular formula is C44H16N10. The normalized spacial score (nSPS) is 12.1. The van der Waals surface area contributed by atoms with Crippen LogP contribution in [-0.4, -0.2) is 9.97 Å². The van der Waals surface area contributed by atoms with E-state index in [9.17, 15) is 42.1 Å². The summed E-state index contributed by atoms with van der Waals surface area (Å²) in [4.78, 5) is 8.74. The van der Waals surface area contributed by atoms with Crippen LogP contribution in [0.25, 0.3) is 56.0 Å². The molecule has 2 aliphatic carbocycles. The van der Waals surface area contributed by atoms with Crippen molar-refractivity contribution in [3.63, 3.8) is 0 Å². The molecular weight excluding hydrogens is 669 g/mol. The highest BCUT2D eigenvalue weighted by molar-refractivity contribution is 6.27. The fraction of sp³-hybridized carbons (Fsp3) is 0. The number of benzene rings is 3. The van der Waals surface area contributed by atoms with E-state index in [0.29, 0.717) is 89.3 Å². The van der Waals surface area contributed by atoms with Gasteiger partial charge in [-0.1, -0.05) is 48.5 Å². The zero-order valence-corrected chi connectivity index (χ0v) is 27.7. The Bertz CT molecular complexity index is 2740. The molecule has 54 heavy (non-hydrogen) atoms. The first-order valence-corrected chi connectivity index (χ1v) is 15.9. The van der Waals surface area contributed by atoms with Gasteiger partial charge in [0.2, 0.25) is 0 Å². The molecule has 5 aromatic rings. The van der Waals surface area contributed by atoms with Crippen LogP contribution >= 0.6 is 0 Å². The van der Waals surface area contributed by atoms with E-state index in [0.717, 1.165) is 0 Å². The predicted octanol–water partition coefficient (Wildman–Crippen LogP) is 8.05. The van der Waals surface area contributed by atoms with Gasteiger partial charge in [-0.25, -0.2) is 0 Å². The first-order chi connectivity index (χ1) is 26.4. The average molecular weight is 685 g/mol. The molecule has 10 nitrogen and oxygen atoms in total. The van der Waals surface area contributed by atoms with Gasteiger partial charge in [-0.3, -0.25) is 9.97 Å². The second-order valence-corrected chi connectivity index (χ2v) is 11.9. The van der Waals surface area contributed by atoms with Crippen molar-refractivity contribution >= 4 is 33.4 Å². The van der Waals surface area contributed by atoms with Gasteiger partial charge < -0.3 is 0 Å². The molecule has 0 unspecified atom stereocenters. The Hall–Kier alpha value is -9.16. The lowest BCUT2D eigenvalue weighted by molar-refractivity contribution is 1.30. The van der Waals surface area contributed by atoms with E-state index >= 15 is 0 Å². The number of hydrogen-bond donors (Lipinski definition) is 0. The molecule has 7 rings (SSSR count). The summed E-state index contributed by atoms with van der Waals surface area (Å²) in [7, 11) is 0. The lowest BCUT2D eigenvalue weighted by atomic mass is 9.89. The summed E-state index contributed by atoms with van der Waals surface area (Å²) in [6.45, 7) is 0. The van der Waals surface area contributed by atoms with Crippen molar-refractivity contribution in [2.24, 2.45) is 0 Å². The first-order valence-electron chi connectivity index (χ1n) is 15.9. The molecule has 0 N–H and O–H groups in total. The van der Waals surface area contributed by atoms with E-state index in [1.54, 1.807) is 84.9 Å². The molecule has 0 saturated heterocycles. The van der Waals surface area contributed by atoms with Crippen LogP contribution in [0.2, 0.25) is 0 Å². The second kappa shape index (κ2) is 13.6. The molecule has 2 aliphatic rings. The molecule has 0 fully saturated rings. The predicted molar refractivity (Wildman–Crippen MR) is 196 cm³/mol. The molecule has 0 spiro atoms. The summed E-state index contributed by atoms with van der Waals surface area (Å²) < 4.78 is 0. The summed E-state index contributed by atoms with van der Waals surface area (Å²) in [6.07, 6.45) is 2.90. The number of pyridine rings is 2. The molecule has 0 saturated carbocycles. The number of nitriles is 8. The van der Waals surface area contributed by atoms with E-state index < -0.39 is 0 Å². The van der Waals surface area contributed by atoms with E-state index in [2.05, 4.69) is 22.1 Å². The van der Waals surface area contributed by atoms with Crippen LogP contribution in [0.5, 0.6) is 0 Å². The van der Waals surface area contributed by atoms with Gasteiger partial charge in [-0.15, -0.1) is 0 Å². The Morgan fingerprint density at radius 3 is 1.06 bits per heavy atom. The molecule has 242 valence electrons. The Labute approximate surface area is 308 Å². The molecule has 0 radical (unpaired) electrons. The quantitative estimate of drug-likeness (QED) is 0.166. The SMILES string of the molecule is N#CC(C#N)=C1C(c2ccc(C3=C(C#N)c4cc(-c5ccc(C#N)cn5)ccc4C3=C(C#N)C#N)cc2)=C(C#N)c2cc(-c3ccc(C#N)cn3)ccc21. The Balaban J connectivity index is 1.38. The monoisotopic (exact) mass is 684 g/mol. The highest BCUT2D eigenvalue weighted by atomic mass is 14.7. The largest absolute Gasteiger partial charge is 0.255 e. The zero-order valence-electron chi connectivity index (χ0n) is 27.7. The van der Waals surface area contributed by atoms with Crippen LogP contribution in [0.4, 0.5) is 0 Å². The van der Waals surface area contributed by atoms with Crippen molar-refractivity contribution in [3.8, 4) is 71.1 Å². The van der Waals surface area contributed by atoms with Crippen LogP contribution in [0.1, 0.15) is 44.5 Å². The van der Waals surface area contributed by atoms with Gasteiger partial charge in [0.15, 0.2) is 0 Å². The maximum absolute atomic E-state index is 10.5. The van der Waals surface area contributed by atoms with Crippen molar-refractivity contribution in [3.05, 3.63) is 153 Å². The van der Waals surface area contributed by atoms with Crippen LogP contribution in [-0.2, 0) is 0 Å². The van der Waals surface area contributed by atoms with Gasteiger partial charge in [0, 0.05) is 56.9 Å². The Morgan fingerprint density at radius 1 is 0.389 bits per heavy atom. The van der Waals surface area contributed by atoms with Crippen molar-refractivity contribution in [1.29, 1.82) is 42.1 Å². The van der Waals surface area contributed by atoms with E-state index in [-0.39, 0.29) is 22.3 Å². The van der Waals surface area contributed by atoms with E-state index in [4.69, 9.17) is 0 Å². The lowest BCUT2D eigenvalue weighted by Crippen LogP contribution is -1.94. The maximum atomic E-state index is 10.5. The van der Waals surface area contributed by atoms with E-state index in [1.165, 1.54) is 12.4 Å². The summed E-state index contributed by atoms with van der Waals surface area (Å²) >= 11 is 0. The van der Waals surface area contributed by atoms with Crippen molar-refractivity contribution < 1.29 is 0 Å². The molecule has 0 aliphatic heterocycles. The summed E-state index contributed by atoms with van der Waals surface area (Å²) in [5.41, 5.74) is 7.75. The van der Waals surface area contributed by atoms with Crippen molar-refractivity contribution in [2.75, 3.05) is 0 Å². The van der Waals surface area contributed by atoms with Gasteiger partial charge >= 0.3 is 0 Å². The van der Waals surface area contributed by atoms with Crippen LogP contribution in [0.15, 0.2) is 108 Å². The first kappa shape index (κ1) is 33.3. The number of hydrogen-bond acceptors (Lipinski definition) is 10. The minimum atomic E-state index is -0.184. The number of rotatable bonds is 4. The van der Waals surface area contributed by atoms with E-state index in [1.807, 2.05) is 36.4 Å². The Kier molecular flexibility index (Phi) is 8.41. The fourth-order valence-electron chi connectivity index (χ4n) is 6.71. The van der Waals surface area contributed by atoms with Gasteiger partial charge in [-0.05, 0) is 58.7 Å². The molecule has 0 atom stereocenters. The molecule has 2 heterocycles. The molecule has 3 aromatic carbocycles. The standard InChI is InChI=1S/C44H16N10/c45-15-25-1-11-39(53-23-25)29-7-9-33-35(13-29)37(21-51)41(43(33)31(17-47)18-48)27-3-5-28(6-4-27)42-38(22-52)36-14-30(40-12-2-26(16-46)24-54-40)8-10-34(36)44(42)32(19-49)20-50/h1-14,23-24H. The molecule has 10 heteroatoms. The number of fused-ring (bicyclic) bond motifs is 2. The fourth-order valence-corrected chi connectivity index (χ4v) is 6.71.